The van der Waals surface area contributed by atoms with Gasteiger partial charge in [-0.25, -0.2) is 0 Å². The van der Waals surface area contributed by atoms with Crippen LogP contribution in [0.1, 0.15) is 31.9 Å². The number of carbonyl (C=O) groups excluding carboxylic acids is 1. The molecule has 2 rings (SSSR count). The van der Waals surface area contributed by atoms with Crippen LogP contribution in [-0.4, -0.2) is 53.4 Å². The monoisotopic (exact) mass is 362 g/mol. The number of anilines is 1. The van der Waals surface area contributed by atoms with Crippen molar-refractivity contribution in [1.82, 2.24) is 14.8 Å². The van der Waals surface area contributed by atoms with Gasteiger partial charge in [-0.15, -0.1) is 24.8 Å². The summed E-state index contributed by atoms with van der Waals surface area (Å²) >= 11 is 0. The van der Waals surface area contributed by atoms with Crippen molar-refractivity contribution in [1.29, 1.82) is 0 Å². The second-order valence-corrected chi connectivity index (χ2v) is 5.84. The molecule has 23 heavy (non-hydrogen) atoms. The zero-order valence-electron chi connectivity index (χ0n) is 13.9. The van der Waals surface area contributed by atoms with Gasteiger partial charge in [0.15, 0.2) is 0 Å². The number of halogens is 2. The molecule has 1 aromatic heterocycles. The molecule has 132 valence electrons. The standard InChI is InChI=1S/C16H26N4O.2ClH/c1-3-8-20-9-6-15(7-10-20)19(2)16(21)11-14-5-4-13(17)12-18-14;;/h4-5,12,15H,3,6-11,17H2,1-2H3;2*1H. The third kappa shape index (κ3) is 6.53. The van der Waals surface area contributed by atoms with Gasteiger partial charge in [-0.05, 0) is 37.9 Å². The van der Waals surface area contributed by atoms with Crippen molar-refractivity contribution in [2.24, 2.45) is 0 Å². The van der Waals surface area contributed by atoms with Crippen LogP contribution in [0, 0.1) is 0 Å². The molecule has 1 saturated heterocycles. The molecule has 0 aromatic carbocycles. The molecule has 0 bridgehead atoms. The first-order valence-electron chi connectivity index (χ1n) is 7.78. The average molecular weight is 363 g/mol. The number of likely N-dealkylation sites (N-methyl/N-ethyl adjacent to an activating group) is 1. The molecule has 1 aliphatic heterocycles. The topological polar surface area (TPSA) is 62.5 Å². The van der Waals surface area contributed by atoms with Gasteiger partial charge in [0.1, 0.15) is 0 Å². The minimum absolute atomic E-state index is 0. The van der Waals surface area contributed by atoms with Crippen LogP contribution in [0.15, 0.2) is 18.3 Å². The number of pyridine rings is 1. The number of nitrogen functional groups attached to an aromatic ring is 1. The molecule has 0 saturated carbocycles. The first-order valence-corrected chi connectivity index (χ1v) is 7.78. The highest BCUT2D eigenvalue weighted by Crippen LogP contribution is 2.16. The van der Waals surface area contributed by atoms with E-state index in [1.165, 1.54) is 13.0 Å². The second kappa shape index (κ2) is 10.7. The van der Waals surface area contributed by atoms with Gasteiger partial charge in [0.2, 0.25) is 5.91 Å². The zero-order valence-corrected chi connectivity index (χ0v) is 15.5. The Balaban J connectivity index is 0.00000242. The molecule has 1 amide bonds. The van der Waals surface area contributed by atoms with Crippen molar-refractivity contribution in [2.75, 3.05) is 32.4 Å². The van der Waals surface area contributed by atoms with Crippen molar-refractivity contribution in [3.05, 3.63) is 24.0 Å². The van der Waals surface area contributed by atoms with E-state index >= 15 is 0 Å². The van der Waals surface area contributed by atoms with Crippen LogP contribution < -0.4 is 5.73 Å². The molecule has 7 heteroatoms. The van der Waals surface area contributed by atoms with E-state index in [9.17, 15) is 4.79 Å². The summed E-state index contributed by atoms with van der Waals surface area (Å²) in [6.45, 7) is 5.56. The lowest BCUT2D eigenvalue weighted by molar-refractivity contribution is -0.132. The lowest BCUT2D eigenvalue weighted by Crippen LogP contribution is -2.46. The van der Waals surface area contributed by atoms with E-state index in [1.54, 1.807) is 12.3 Å². The first-order chi connectivity index (χ1) is 10.1. The van der Waals surface area contributed by atoms with Crippen LogP contribution in [0.3, 0.4) is 0 Å². The average Bonchev–Trinajstić information content (AvgIpc) is 2.50. The molecule has 5 nitrogen and oxygen atoms in total. The third-order valence-corrected chi connectivity index (χ3v) is 4.22. The number of carbonyl (C=O) groups is 1. The predicted octanol–water partition coefficient (Wildman–Crippen LogP) is 2.38. The molecule has 1 aliphatic rings. The molecule has 1 fully saturated rings. The smallest absolute Gasteiger partial charge is 0.228 e. The highest BCUT2D eigenvalue weighted by atomic mass is 35.5. The summed E-state index contributed by atoms with van der Waals surface area (Å²) < 4.78 is 0. The Hall–Kier alpha value is -1.04. The second-order valence-electron chi connectivity index (χ2n) is 5.84. The first kappa shape index (κ1) is 22.0. The minimum Gasteiger partial charge on any atom is -0.397 e. The van der Waals surface area contributed by atoms with Crippen LogP contribution in [0.4, 0.5) is 5.69 Å². The maximum absolute atomic E-state index is 12.3. The van der Waals surface area contributed by atoms with E-state index in [2.05, 4.69) is 16.8 Å². The lowest BCUT2D eigenvalue weighted by atomic mass is 10.0. The molecule has 0 radical (unpaired) electrons. The van der Waals surface area contributed by atoms with Gasteiger partial charge in [-0.2, -0.15) is 0 Å². The van der Waals surface area contributed by atoms with E-state index < -0.39 is 0 Å². The molecule has 0 spiro atoms. The van der Waals surface area contributed by atoms with Gasteiger partial charge in [0.05, 0.1) is 18.3 Å². The molecule has 1 aromatic rings. The van der Waals surface area contributed by atoms with Crippen molar-refractivity contribution < 1.29 is 4.79 Å². The number of amides is 1. The number of aromatic nitrogens is 1. The summed E-state index contributed by atoms with van der Waals surface area (Å²) in [5, 5.41) is 0. The highest BCUT2D eigenvalue weighted by molar-refractivity contribution is 5.85. The van der Waals surface area contributed by atoms with Gasteiger partial charge in [-0.3, -0.25) is 9.78 Å². The van der Waals surface area contributed by atoms with Gasteiger partial charge in [0, 0.05) is 31.9 Å². The van der Waals surface area contributed by atoms with Crippen LogP contribution in [0.2, 0.25) is 0 Å². The maximum Gasteiger partial charge on any atom is 0.228 e. The van der Waals surface area contributed by atoms with Crippen LogP contribution in [0.5, 0.6) is 0 Å². The number of rotatable bonds is 5. The molecule has 0 atom stereocenters. The van der Waals surface area contributed by atoms with Crippen molar-refractivity contribution in [3.8, 4) is 0 Å². The summed E-state index contributed by atoms with van der Waals surface area (Å²) in [6, 6.07) is 3.98. The van der Waals surface area contributed by atoms with Gasteiger partial charge >= 0.3 is 0 Å². The van der Waals surface area contributed by atoms with Crippen molar-refractivity contribution >= 4 is 36.4 Å². The molecular formula is C16H28Cl2N4O. The fraction of sp³-hybridized carbons (Fsp3) is 0.625. The Morgan fingerprint density at radius 1 is 1.35 bits per heavy atom. The van der Waals surface area contributed by atoms with E-state index in [0.717, 1.165) is 31.6 Å². The summed E-state index contributed by atoms with van der Waals surface area (Å²) in [5.74, 6) is 0.140. The maximum atomic E-state index is 12.3. The van der Waals surface area contributed by atoms with E-state index in [1.807, 2.05) is 18.0 Å². The summed E-state index contributed by atoms with van der Waals surface area (Å²) in [6.07, 6.45) is 5.29. The summed E-state index contributed by atoms with van der Waals surface area (Å²) in [5.41, 5.74) is 7.02. The number of hydrogen-bond acceptors (Lipinski definition) is 4. The molecule has 0 unspecified atom stereocenters. The van der Waals surface area contributed by atoms with Crippen LogP contribution >= 0.6 is 24.8 Å². The SMILES string of the molecule is CCCN1CCC(N(C)C(=O)Cc2ccc(N)cn2)CC1.Cl.Cl. The summed E-state index contributed by atoms with van der Waals surface area (Å²) in [4.78, 5) is 20.9. The molecule has 0 aliphatic carbocycles. The normalized spacial score (nSPS) is 15.4. The van der Waals surface area contributed by atoms with Crippen molar-refractivity contribution in [3.63, 3.8) is 0 Å². The number of nitrogens with two attached hydrogens (primary N) is 1. The Bertz CT molecular complexity index is 462. The van der Waals surface area contributed by atoms with Crippen LogP contribution in [-0.2, 0) is 11.2 Å². The van der Waals surface area contributed by atoms with Gasteiger partial charge in [-0.1, -0.05) is 6.92 Å². The molecular weight excluding hydrogens is 335 g/mol. The zero-order chi connectivity index (χ0) is 15.2. The Kier molecular flexibility index (Phi) is 10.2. The fourth-order valence-electron chi connectivity index (χ4n) is 2.87. The Morgan fingerprint density at radius 3 is 2.52 bits per heavy atom. The highest BCUT2D eigenvalue weighted by Gasteiger charge is 2.25. The van der Waals surface area contributed by atoms with E-state index in [-0.39, 0.29) is 30.7 Å². The lowest BCUT2D eigenvalue weighted by Gasteiger charge is -2.36. The number of hydrogen-bond donors (Lipinski definition) is 1. The van der Waals surface area contributed by atoms with Gasteiger partial charge < -0.3 is 15.5 Å². The Morgan fingerprint density at radius 2 is 2.00 bits per heavy atom. The number of nitrogens with zero attached hydrogens (tertiary/aromatic N) is 3. The van der Waals surface area contributed by atoms with Gasteiger partial charge in [0.25, 0.3) is 0 Å². The fourth-order valence-corrected chi connectivity index (χ4v) is 2.87. The quantitative estimate of drug-likeness (QED) is 0.873. The molecule has 2 N–H and O–H groups in total. The van der Waals surface area contributed by atoms with Crippen molar-refractivity contribution in [2.45, 2.75) is 38.6 Å². The van der Waals surface area contributed by atoms with Crippen LogP contribution in [0.25, 0.3) is 0 Å². The Labute approximate surface area is 151 Å². The number of piperidine rings is 1. The third-order valence-electron chi connectivity index (χ3n) is 4.22. The summed E-state index contributed by atoms with van der Waals surface area (Å²) in [7, 11) is 1.92. The molecule has 2 heterocycles. The number of likely N-dealkylation sites (tertiary alicyclic amines) is 1. The minimum atomic E-state index is 0. The predicted molar refractivity (Wildman–Crippen MR) is 99.4 cm³/mol. The van der Waals surface area contributed by atoms with E-state index in [4.69, 9.17) is 5.73 Å². The van der Waals surface area contributed by atoms with E-state index in [0.29, 0.717) is 18.2 Å². The largest absolute Gasteiger partial charge is 0.397 e.